The maximum Gasteiger partial charge on any atom is 0.274 e. The highest BCUT2D eigenvalue weighted by molar-refractivity contribution is 5.52. The number of nitrogens with zero attached hydrogens (tertiary/aromatic N) is 2. The second-order valence-corrected chi connectivity index (χ2v) is 6.07. The molecule has 1 heterocycles. The topological polar surface area (TPSA) is 58.4 Å². The van der Waals surface area contributed by atoms with Crippen LogP contribution in [0.1, 0.15) is 26.7 Å². The predicted molar refractivity (Wildman–Crippen MR) is 81.0 cm³/mol. The van der Waals surface area contributed by atoms with Gasteiger partial charge in [0.1, 0.15) is 5.82 Å². The number of nitro groups is 1. The fourth-order valence-electron chi connectivity index (χ4n) is 2.77. The molecule has 2 rings (SSSR count). The normalized spacial score (nSPS) is 17.1. The molecule has 5 nitrogen and oxygen atoms in total. The summed E-state index contributed by atoms with van der Waals surface area (Å²) >= 11 is 0. The molecule has 1 aromatic carbocycles. The maximum atomic E-state index is 13.4. The largest absolute Gasteiger partial charge is 0.382 e. The number of non-ortho nitro benzene ring substituents is 1. The lowest BCUT2D eigenvalue weighted by atomic mass is 10.0. The summed E-state index contributed by atoms with van der Waals surface area (Å²) in [7, 11) is 0. The molecule has 6 heteroatoms. The van der Waals surface area contributed by atoms with Crippen molar-refractivity contribution < 1.29 is 9.31 Å². The van der Waals surface area contributed by atoms with Crippen LogP contribution in [-0.4, -0.2) is 35.5 Å². The number of nitrogens with one attached hydrogen (secondary N) is 1. The number of benzene rings is 1. The first-order valence-electron chi connectivity index (χ1n) is 7.38. The molecule has 0 bridgehead atoms. The van der Waals surface area contributed by atoms with E-state index >= 15 is 0 Å². The van der Waals surface area contributed by atoms with Crippen molar-refractivity contribution in [2.75, 3.05) is 25.0 Å². The summed E-state index contributed by atoms with van der Waals surface area (Å²) < 4.78 is 13.4. The summed E-state index contributed by atoms with van der Waals surface area (Å²) in [6.45, 7) is 7.52. The van der Waals surface area contributed by atoms with E-state index in [2.05, 4.69) is 24.1 Å². The monoisotopic (exact) mass is 295 g/mol. The first-order valence-corrected chi connectivity index (χ1v) is 7.38. The molecule has 0 spiro atoms. The van der Waals surface area contributed by atoms with Crippen LogP contribution in [0.25, 0.3) is 0 Å². The minimum atomic E-state index is -0.580. The molecule has 0 aromatic heterocycles. The zero-order chi connectivity index (χ0) is 15.4. The fourth-order valence-corrected chi connectivity index (χ4v) is 2.77. The quantitative estimate of drug-likeness (QED) is 0.669. The summed E-state index contributed by atoms with van der Waals surface area (Å²) in [4.78, 5) is 12.6. The molecule has 0 atom stereocenters. The fraction of sp³-hybridized carbons (Fsp3) is 0.600. The first kappa shape index (κ1) is 15.7. The Labute approximate surface area is 124 Å². The van der Waals surface area contributed by atoms with Crippen LogP contribution in [0.3, 0.4) is 0 Å². The highest BCUT2D eigenvalue weighted by Gasteiger charge is 2.20. The summed E-state index contributed by atoms with van der Waals surface area (Å²) in [6.07, 6.45) is 1.94. The molecule has 0 saturated carbocycles. The van der Waals surface area contributed by atoms with E-state index in [0.717, 1.165) is 38.5 Å². The number of nitro benzene ring substituents is 1. The number of anilines is 1. The number of piperidine rings is 1. The molecule has 116 valence electrons. The molecule has 1 fully saturated rings. The zero-order valence-electron chi connectivity index (χ0n) is 12.5. The van der Waals surface area contributed by atoms with E-state index in [-0.39, 0.29) is 11.7 Å². The van der Waals surface area contributed by atoms with Crippen LogP contribution in [0.15, 0.2) is 18.2 Å². The third-order valence-electron chi connectivity index (χ3n) is 3.68. The number of likely N-dealkylation sites (tertiary alicyclic amines) is 1. The van der Waals surface area contributed by atoms with Gasteiger partial charge in [-0.3, -0.25) is 10.1 Å². The van der Waals surface area contributed by atoms with Gasteiger partial charge in [-0.25, -0.2) is 4.39 Å². The summed E-state index contributed by atoms with van der Waals surface area (Å²) in [6, 6.07) is 3.89. The molecule has 1 aliphatic heterocycles. The van der Waals surface area contributed by atoms with Gasteiger partial charge < -0.3 is 10.2 Å². The highest BCUT2D eigenvalue weighted by Crippen LogP contribution is 2.23. The lowest BCUT2D eigenvalue weighted by molar-refractivity contribution is -0.385. The Hall–Kier alpha value is -1.69. The van der Waals surface area contributed by atoms with Crippen LogP contribution in [-0.2, 0) is 0 Å². The molecule has 1 saturated heterocycles. The van der Waals surface area contributed by atoms with Crippen LogP contribution >= 0.6 is 0 Å². The van der Waals surface area contributed by atoms with Gasteiger partial charge in [-0.05, 0) is 24.8 Å². The molecule has 0 aliphatic carbocycles. The summed E-state index contributed by atoms with van der Waals surface area (Å²) in [5.41, 5.74) is 0.277. The van der Waals surface area contributed by atoms with Crippen LogP contribution in [0, 0.1) is 21.8 Å². The maximum absolute atomic E-state index is 13.4. The van der Waals surface area contributed by atoms with Crippen LogP contribution in [0.4, 0.5) is 15.8 Å². The minimum absolute atomic E-state index is 0.213. The second-order valence-electron chi connectivity index (χ2n) is 6.07. The van der Waals surface area contributed by atoms with Crippen molar-refractivity contribution in [1.82, 2.24) is 4.90 Å². The van der Waals surface area contributed by atoms with Crippen molar-refractivity contribution >= 4 is 11.4 Å². The van der Waals surface area contributed by atoms with E-state index in [1.54, 1.807) is 0 Å². The Morgan fingerprint density at radius 2 is 2.05 bits per heavy atom. The van der Waals surface area contributed by atoms with E-state index in [1.807, 2.05) is 0 Å². The van der Waals surface area contributed by atoms with Gasteiger partial charge >= 0.3 is 0 Å². The van der Waals surface area contributed by atoms with E-state index in [1.165, 1.54) is 12.1 Å². The first-order chi connectivity index (χ1) is 9.94. The van der Waals surface area contributed by atoms with Gasteiger partial charge in [0.2, 0.25) is 0 Å². The Kier molecular flexibility index (Phi) is 5.12. The van der Waals surface area contributed by atoms with Crippen LogP contribution in [0.2, 0.25) is 0 Å². The van der Waals surface area contributed by atoms with E-state index < -0.39 is 10.7 Å². The van der Waals surface area contributed by atoms with Crippen molar-refractivity contribution in [3.05, 3.63) is 34.1 Å². The van der Waals surface area contributed by atoms with E-state index in [9.17, 15) is 14.5 Å². The molecule has 1 N–H and O–H groups in total. The Morgan fingerprint density at radius 3 is 2.62 bits per heavy atom. The van der Waals surface area contributed by atoms with Gasteiger partial charge in [0.05, 0.1) is 11.0 Å². The van der Waals surface area contributed by atoms with E-state index in [0.29, 0.717) is 11.6 Å². The number of halogens is 1. The van der Waals surface area contributed by atoms with Gasteiger partial charge in [-0.15, -0.1) is 0 Å². The number of hydrogen-bond acceptors (Lipinski definition) is 4. The molecule has 21 heavy (non-hydrogen) atoms. The van der Waals surface area contributed by atoms with Crippen molar-refractivity contribution in [2.45, 2.75) is 32.7 Å². The molecule has 1 aromatic rings. The van der Waals surface area contributed by atoms with Crippen molar-refractivity contribution in [1.29, 1.82) is 0 Å². The molecule has 0 radical (unpaired) electrons. The Bertz CT molecular complexity index is 500. The standard InChI is InChI=1S/C15H22FN3O2/c1-11(2)10-18-5-3-13(4-6-18)17-14-7-12(16)8-15(9-14)19(20)21/h7-9,11,13,17H,3-6,10H2,1-2H3. The van der Waals surface area contributed by atoms with Crippen molar-refractivity contribution in [3.8, 4) is 0 Å². The van der Waals surface area contributed by atoms with E-state index in [4.69, 9.17) is 0 Å². The Morgan fingerprint density at radius 1 is 1.38 bits per heavy atom. The van der Waals surface area contributed by atoms with Crippen LogP contribution in [0.5, 0.6) is 0 Å². The van der Waals surface area contributed by atoms with Gasteiger partial charge in [0.25, 0.3) is 5.69 Å². The van der Waals surface area contributed by atoms with Gasteiger partial charge in [0.15, 0.2) is 0 Å². The van der Waals surface area contributed by atoms with Gasteiger partial charge in [-0.2, -0.15) is 0 Å². The van der Waals surface area contributed by atoms with Crippen molar-refractivity contribution in [2.24, 2.45) is 5.92 Å². The minimum Gasteiger partial charge on any atom is -0.382 e. The number of rotatable bonds is 5. The van der Waals surface area contributed by atoms with Gasteiger partial charge in [0, 0.05) is 37.4 Å². The third-order valence-corrected chi connectivity index (χ3v) is 3.68. The summed E-state index contributed by atoms with van der Waals surface area (Å²) in [5.74, 6) is 0.0734. The average Bonchev–Trinajstić information content (AvgIpc) is 2.39. The zero-order valence-corrected chi connectivity index (χ0v) is 12.5. The molecular weight excluding hydrogens is 273 g/mol. The lowest BCUT2D eigenvalue weighted by Crippen LogP contribution is -2.40. The molecule has 0 unspecified atom stereocenters. The predicted octanol–water partition coefficient (Wildman–Crippen LogP) is 3.27. The van der Waals surface area contributed by atoms with Gasteiger partial charge in [-0.1, -0.05) is 13.8 Å². The molecular formula is C15H22FN3O2. The molecule has 0 amide bonds. The smallest absolute Gasteiger partial charge is 0.274 e. The highest BCUT2D eigenvalue weighted by atomic mass is 19.1. The summed E-state index contributed by atoms with van der Waals surface area (Å²) in [5, 5.41) is 14.0. The molecule has 1 aliphatic rings. The SMILES string of the molecule is CC(C)CN1CCC(Nc2cc(F)cc([N+](=O)[O-])c2)CC1. The third kappa shape index (κ3) is 4.67. The Balaban J connectivity index is 1.93. The van der Waals surface area contributed by atoms with Crippen LogP contribution < -0.4 is 5.32 Å². The average molecular weight is 295 g/mol. The van der Waals surface area contributed by atoms with Crippen molar-refractivity contribution in [3.63, 3.8) is 0 Å². The second kappa shape index (κ2) is 6.85. The lowest BCUT2D eigenvalue weighted by Gasteiger charge is -2.33. The number of hydrogen-bond donors (Lipinski definition) is 1.